The van der Waals surface area contributed by atoms with Crippen molar-refractivity contribution in [2.75, 3.05) is 26.9 Å². The van der Waals surface area contributed by atoms with Gasteiger partial charge in [0, 0.05) is 24.8 Å². The number of benzene rings is 2. The van der Waals surface area contributed by atoms with Gasteiger partial charge in [0.1, 0.15) is 11.6 Å². The fourth-order valence-electron chi connectivity index (χ4n) is 2.49. The standard InChI is InChI=1S/C20H21F2NO5/c1-27-8-9-28-12-15-10-14(4-7-18(15)22)19(24)23-11-17(20(25)26)13-2-5-16(21)6-3-13/h2-7,10,17H,8-9,11-12H2,1H3,(H,23,24)(H,25,26). The van der Waals surface area contributed by atoms with E-state index in [1.807, 2.05) is 0 Å². The second kappa shape index (κ2) is 10.5. The van der Waals surface area contributed by atoms with Gasteiger partial charge in [0.2, 0.25) is 0 Å². The summed E-state index contributed by atoms with van der Waals surface area (Å²) in [6.45, 7) is 0.423. The fraction of sp³-hybridized carbons (Fsp3) is 0.300. The molecule has 0 heterocycles. The summed E-state index contributed by atoms with van der Waals surface area (Å²) in [6, 6.07) is 8.83. The van der Waals surface area contributed by atoms with E-state index >= 15 is 0 Å². The molecule has 6 nitrogen and oxygen atoms in total. The molecule has 0 radical (unpaired) electrons. The zero-order valence-electron chi connectivity index (χ0n) is 15.3. The molecule has 1 atom stereocenters. The number of halogens is 2. The van der Waals surface area contributed by atoms with E-state index in [4.69, 9.17) is 9.47 Å². The van der Waals surface area contributed by atoms with Crippen molar-refractivity contribution in [1.82, 2.24) is 5.32 Å². The summed E-state index contributed by atoms with van der Waals surface area (Å²) in [6.07, 6.45) is 0. The van der Waals surface area contributed by atoms with Gasteiger partial charge in [-0.05, 0) is 35.9 Å². The van der Waals surface area contributed by atoms with Gasteiger partial charge in [-0.1, -0.05) is 12.1 Å². The Kier molecular flexibility index (Phi) is 8.03. The van der Waals surface area contributed by atoms with Crippen LogP contribution in [0, 0.1) is 11.6 Å². The first-order valence-electron chi connectivity index (χ1n) is 8.54. The molecule has 1 unspecified atom stereocenters. The minimum Gasteiger partial charge on any atom is -0.481 e. The van der Waals surface area contributed by atoms with Gasteiger partial charge in [0.05, 0.1) is 25.7 Å². The predicted molar refractivity (Wildman–Crippen MR) is 97.0 cm³/mol. The number of ether oxygens (including phenoxy) is 2. The SMILES string of the molecule is COCCOCc1cc(C(=O)NCC(C(=O)O)c2ccc(F)cc2)ccc1F. The van der Waals surface area contributed by atoms with Crippen LogP contribution < -0.4 is 5.32 Å². The van der Waals surface area contributed by atoms with E-state index < -0.39 is 29.4 Å². The number of carbonyl (C=O) groups excluding carboxylic acids is 1. The van der Waals surface area contributed by atoms with E-state index in [0.717, 1.165) is 18.2 Å². The lowest BCUT2D eigenvalue weighted by molar-refractivity contribution is -0.138. The monoisotopic (exact) mass is 393 g/mol. The third kappa shape index (κ3) is 6.11. The molecule has 0 aliphatic heterocycles. The Morgan fingerprint density at radius 3 is 2.46 bits per heavy atom. The Hall–Kier alpha value is -2.84. The Morgan fingerprint density at radius 1 is 1.11 bits per heavy atom. The average molecular weight is 393 g/mol. The smallest absolute Gasteiger partial charge is 0.312 e. The van der Waals surface area contributed by atoms with E-state index in [2.05, 4.69) is 5.32 Å². The molecular formula is C20H21F2NO5. The lowest BCUT2D eigenvalue weighted by Gasteiger charge is -2.14. The Morgan fingerprint density at radius 2 is 1.82 bits per heavy atom. The van der Waals surface area contributed by atoms with Gasteiger partial charge in [-0.15, -0.1) is 0 Å². The highest BCUT2D eigenvalue weighted by Gasteiger charge is 2.21. The molecule has 1 amide bonds. The maximum Gasteiger partial charge on any atom is 0.312 e. The molecular weight excluding hydrogens is 372 g/mol. The molecule has 0 saturated heterocycles. The van der Waals surface area contributed by atoms with Crippen LogP contribution in [-0.2, 0) is 20.9 Å². The minimum atomic E-state index is -1.15. The van der Waals surface area contributed by atoms with Crippen LogP contribution in [0.1, 0.15) is 27.4 Å². The van der Waals surface area contributed by atoms with Crippen molar-refractivity contribution in [3.05, 3.63) is 70.8 Å². The molecule has 0 fully saturated rings. The number of aliphatic carboxylic acids is 1. The number of methoxy groups -OCH3 is 1. The summed E-state index contributed by atoms with van der Waals surface area (Å²) in [7, 11) is 1.52. The number of amides is 1. The van der Waals surface area contributed by atoms with Crippen LogP contribution in [0.2, 0.25) is 0 Å². The van der Waals surface area contributed by atoms with E-state index in [1.54, 1.807) is 0 Å². The predicted octanol–water partition coefficient (Wildman–Crippen LogP) is 2.73. The number of hydrogen-bond donors (Lipinski definition) is 2. The highest BCUT2D eigenvalue weighted by Crippen LogP contribution is 2.17. The quantitative estimate of drug-likeness (QED) is 0.607. The van der Waals surface area contributed by atoms with Gasteiger partial charge in [-0.25, -0.2) is 8.78 Å². The second-order valence-electron chi connectivity index (χ2n) is 6.00. The number of carbonyl (C=O) groups is 2. The maximum atomic E-state index is 13.9. The minimum absolute atomic E-state index is 0.0242. The molecule has 2 rings (SSSR count). The highest BCUT2D eigenvalue weighted by atomic mass is 19.1. The molecule has 0 spiro atoms. The fourth-order valence-corrected chi connectivity index (χ4v) is 2.49. The van der Waals surface area contributed by atoms with Crippen LogP contribution in [-0.4, -0.2) is 43.9 Å². The lowest BCUT2D eigenvalue weighted by atomic mass is 9.99. The number of hydrogen-bond acceptors (Lipinski definition) is 4. The molecule has 0 aliphatic carbocycles. The molecule has 0 bridgehead atoms. The van der Waals surface area contributed by atoms with Gasteiger partial charge in [0.15, 0.2) is 0 Å². The number of rotatable bonds is 10. The third-order valence-electron chi connectivity index (χ3n) is 4.03. The summed E-state index contributed by atoms with van der Waals surface area (Å²) in [5.41, 5.74) is 0.743. The van der Waals surface area contributed by atoms with Crippen molar-refractivity contribution in [2.24, 2.45) is 0 Å². The maximum absolute atomic E-state index is 13.9. The van der Waals surface area contributed by atoms with Gasteiger partial charge < -0.3 is 19.9 Å². The molecule has 28 heavy (non-hydrogen) atoms. The lowest BCUT2D eigenvalue weighted by Crippen LogP contribution is -2.31. The van der Waals surface area contributed by atoms with Gasteiger partial charge >= 0.3 is 5.97 Å². The van der Waals surface area contributed by atoms with Gasteiger partial charge in [0.25, 0.3) is 5.91 Å². The Balaban J connectivity index is 2.02. The van der Waals surface area contributed by atoms with Crippen LogP contribution in [0.3, 0.4) is 0 Å². The van der Waals surface area contributed by atoms with Gasteiger partial charge in [-0.3, -0.25) is 9.59 Å². The molecule has 0 saturated carbocycles. The van der Waals surface area contributed by atoms with Crippen LogP contribution in [0.15, 0.2) is 42.5 Å². The third-order valence-corrected chi connectivity index (χ3v) is 4.03. The largest absolute Gasteiger partial charge is 0.481 e. The van der Waals surface area contributed by atoms with Crippen molar-refractivity contribution in [1.29, 1.82) is 0 Å². The molecule has 0 aliphatic rings. The van der Waals surface area contributed by atoms with Crippen LogP contribution >= 0.6 is 0 Å². The van der Waals surface area contributed by atoms with Crippen molar-refractivity contribution >= 4 is 11.9 Å². The number of carboxylic acids is 1. The summed E-state index contributed by atoms with van der Waals surface area (Å²) in [5, 5.41) is 11.9. The second-order valence-corrected chi connectivity index (χ2v) is 6.00. The van der Waals surface area contributed by atoms with Crippen molar-refractivity contribution in [3.8, 4) is 0 Å². The molecule has 0 aromatic heterocycles. The first-order valence-corrected chi connectivity index (χ1v) is 8.54. The van der Waals surface area contributed by atoms with Gasteiger partial charge in [-0.2, -0.15) is 0 Å². The van der Waals surface area contributed by atoms with Crippen LogP contribution in [0.4, 0.5) is 8.78 Å². The first kappa shape index (κ1) is 21.5. The summed E-state index contributed by atoms with van der Waals surface area (Å²) in [4.78, 5) is 23.8. The summed E-state index contributed by atoms with van der Waals surface area (Å²) in [5.74, 6) is -3.74. The Labute approximate surface area is 161 Å². The topological polar surface area (TPSA) is 84.9 Å². The molecule has 150 valence electrons. The van der Waals surface area contributed by atoms with E-state index in [-0.39, 0.29) is 30.9 Å². The summed E-state index contributed by atoms with van der Waals surface area (Å²) >= 11 is 0. The molecule has 2 N–H and O–H groups in total. The molecule has 8 heteroatoms. The zero-order valence-corrected chi connectivity index (χ0v) is 15.3. The molecule has 2 aromatic rings. The zero-order chi connectivity index (χ0) is 20.5. The van der Waals surface area contributed by atoms with Crippen molar-refractivity contribution in [2.45, 2.75) is 12.5 Å². The van der Waals surface area contributed by atoms with Crippen LogP contribution in [0.25, 0.3) is 0 Å². The van der Waals surface area contributed by atoms with Crippen molar-refractivity contribution < 1.29 is 33.0 Å². The number of carboxylic acid groups (broad SMARTS) is 1. The van der Waals surface area contributed by atoms with E-state index in [0.29, 0.717) is 12.2 Å². The number of nitrogens with one attached hydrogen (secondary N) is 1. The average Bonchev–Trinajstić information content (AvgIpc) is 2.67. The highest BCUT2D eigenvalue weighted by molar-refractivity contribution is 5.94. The van der Waals surface area contributed by atoms with E-state index in [1.165, 1.54) is 31.4 Å². The first-order chi connectivity index (χ1) is 13.4. The normalized spacial score (nSPS) is 11.8. The molecule has 2 aromatic carbocycles. The Bertz CT molecular complexity index is 811. The van der Waals surface area contributed by atoms with Crippen molar-refractivity contribution in [3.63, 3.8) is 0 Å². The summed E-state index contributed by atoms with van der Waals surface area (Å²) < 4.78 is 37.0. The van der Waals surface area contributed by atoms with E-state index in [9.17, 15) is 23.5 Å². The van der Waals surface area contributed by atoms with Crippen LogP contribution in [0.5, 0.6) is 0 Å².